The molecule has 1 heterocycles. The van der Waals surface area contributed by atoms with Gasteiger partial charge in [-0.3, -0.25) is 4.79 Å². The lowest BCUT2D eigenvalue weighted by molar-refractivity contribution is -0.111. The van der Waals surface area contributed by atoms with Gasteiger partial charge in [-0.25, -0.2) is 8.42 Å². The van der Waals surface area contributed by atoms with Gasteiger partial charge in [0.05, 0.1) is 4.90 Å². The number of benzene rings is 2. The Morgan fingerprint density at radius 2 is 1.67 bits per heavy atom. The van der Waals surface area contributed by atoms with Crippen LogP contribution in [0.1, 0.15) is 24.8 Å². The standard InChI is InChI=1S/C20H21ClN2O3S/c21-19-7-3-2-6-16(19)8-13-20(24)22-17-9-11-18(12-10-17)27(25,26)23-14-4-1-5-15-23/h2-3,6-13H,1,4-5,14-15H2,(H,22,24)/b13-8+. The SMILES string of the molecule is O=C(/C=C/c1ccccc1Cl)Nc1ccc(S(=O)(=O)N2CCCCC2)cc1. The van der Waals surface area contributed by atoms with E-state index in [1.54, 1.807) is 24.3 Å². The second-order valence-electron chi connectivity index (χ2n) is 6.33. The number of carbonyl (C=O) groups is 1. The zero-order valence-electron chi connectivity index (χ0n) is 14.8. The van der Waals surface area contributed by atoms with E-state index < -0.39 is 10.0 Å². The number of rotatable bonds is 5. The van der Waals surface area contributed by atoms with Crippen molar-refractivity contribution in [1.29, 1.82) is 0 Å². The fourth-order valence-corrected chi connectivity index (χ4v) is 4.64. The molecule has 0 aliphatic carbocycles. The average Bonchev–Trinajstić information content (AvgIpc) is 2.68. The van der Waals surface area contributed by atoms with Crippen LogP contribution in [0.5, 0.6) is 0 Å². The summed E-state index contributed by atoms with van der Waals surface area (Å²) in [7, 11) is -3.47. The number of carbonyl (C=O) groups excluding carboxylic acids is 1. The second kappa shape index (κ2) is 8.69. The van der Waals surface area contributed by atoms with E-state index in [1.807, 2.05) is 18.2 Å². The first-order valence-electron chi connectivity index (χ1n) is 8.80. The van der Waals surface area contributed by atoms with E-state index in [-0.39, 0.29) is 10.8 Å². The first-order valence-corrected chi connectivity index (χ1v) is 10.6. The van der Waals surface area contributed by atoms with Gasteiger partial charge in [0, 0.05) is 29.9 Å². The number of amides is 1. The number of nitrogens with one attached hydrogen (secondary N) is 1. The van der Waals surface area contributed by atoms with E-state index >= 15 is 0 Å². The Morgan fingerprint density at radius 1 is 1.00 bits per heavy atom. The van der Waals surface area contributed by atoms with E-state index in [0.717, 1.165) is 24.8 Å². The van der Waals surface area contributed by atoms with E-state index in [1.165, 1.54) is 22.5 Å². The van der Waals surface area contributed by atoms with Crippen molar-refractivity contribution in [2.45, 2.75) is 24.2 Å². The summed E-state index contributed by atoms with van der Waals surface area (Å²) in [5, 5.41) is 3.28. The van der Waals surface area contributed by atoms with Crippen LogP contribution in [-0.2, 0) is 14.8 Å². The molecule has 1 N–H and O–H groups in total. The molecule has 1 amide bonds. The topological polar surface area (TPSA) is 66.5 Å². The van der Waals surface area contributed by atoms with Crippen LogP contribution in [0.2, 0.25) is 5.02 Å². The molecule has 1 fully saturated rings. The molecule has 0 unspecified atom stereocenters. The third-order valence-corrected chi connectivity index (χ3v) is 6.65. The molecular weight excluding hydrogens is 384 g/mol. The molecule has 0 aromatic heterocycles. The fraction of sp³-hybridized carbons (Fsp3) is 0.250. The Bertz CT molecular complexity index is 934. The lowest BCUT2D eigenvalue weighted by Crippen LogP contribution is -2.35. The van der Waals surface area contributed by atoms with Crippen LogP contribution in [0.25, 0.3) is 6.08 Å². The van der Waals surface area contributed by atoms with Gasteiger partial charge in [0.15, 0.2) is 0 Å². The summed E-state index contributed by atoms with van der Waals surface area (Å²) in [5.74, 6) is -0.318. The monoisotopic (exact) mass is 404 g/mol. The van der Waals surface area contributed by atoms with Crippen molar-refractivity contribution in [3.8, 4) is 0 Å². The quantitative estimate of drug-likeness (QED) is 0.760. The smallest absolute Gasteiger partial charge is 0.248 e. The van der Waals surface area contributed by atoms with Crippen LogP contribution < -0.4 is 5.32 Å². The number of hydrogen-bond acceptors (Lipinski definition) is 3. The fourth-order valence-electron chi connectivity index (χ4n) is 2.92. The minimum Gasteiger partial charge on any atom is -0.323 e. The number of nitrogens with zero attached hydrogens (tertiary/aromatic N) is 1. The molecular formula is C20H21ClN2O3S. The predicted molar refractivity (Wildman–Crippen MR) is 108 cm³/mol. The largest absolute Gasteiger partial charge is 0.323 e. The summed E-state index contributed by atoms with van der Waals surface area (Å²) in [6.07, 6.45) is 5.88. The summed E-state index contributed by atoms with van der Waals surface area (Å²) in [4.78, 5) is 12.3. The maximum atomic E-state index is 12.6. The summed E-state index contributed by atoms with van der Waals surface area (Å²) in [6, 6.07) is 13.5. The maximum Gasteiger partial charge on any atom is 0.248 e. The van der Waals surface area contributed by atoms with Gasteiger partial charge < -0.3 is 5.32 Å². The third-order valence-electron chi connectivity index (χ3n) is 4.39. The highest BCUT2D eigenvalue weighted by Gasteiger charge is 2.25. The van der Waals surface area contributed by atoms with Gasteiger partial charge in [-0.2, -0.15) is 4.31 Å². The first kappa shape index (κ1) is 19.6. The zero-order valence-corrected chi connectivity index (χ0v) is 16.3. The maximum absolute atomic E-state index is 12.6. The van der Waals surface area contributed by atoms with Crippen molar-refractivity contribution < 1.29 is 13.2 Å². The molecule has 142 valence electrons. The van der Waals surface area contributed by atoms with Gasteiger partial charge in [-0.15, -0.1) is 0 Å². The summed E-state index contributed by atoms with van der Waals surface area (Å²) < 4.78 is 26.8. The molecule has 3 rings (SSSR count). The minimum atomic E-state index is -3.47. The molecule has 27 heavy (non-hydrogen) atoms. The third kappa shape index (κ3) is 4.97. The summed E-state index contributed by atoms with van der Waals surface area (Å²) in [5.41, 5.74) is 1.28. The van der Waals surface area contributed by atoms with Crippen molar-refractivity contribution >= 4 is 39.3 Å². The number of piperidine rings is 1. The minimum absolute atomic E-state index is 0.244. The van der Waals surface area contributed by atoms with Gasteiger partial charge in [-0.05, 0) is 54.8 Å². The van der Waals surface area contributed by atoms with Crippen LogP contribution in [-0.4, -0.2) is 31.7 Å². The molecule has 2 aromatic carbocycles. The highest BCUT2D eigenvalue weighted by Crippen LogP contribution is 2.22. The number of halogens is 1. The normalized spacial score (nSPS) is 15.7. The molecule has 1 aliphatic rings. The van der Waals surface area contributed by atoms with E-state index in [2.05, 4.69) is 5.32 Å². The second-order valence-corrected chi connectivity index (χ2v) is 8.68. The van der Waals surface area contributed by atoms with Gasteiger partial charge in [0.25, 0.3) is 0 Å². The van der Waals surface area contributed by atoms with Crippen LogP contribution in [0.4, 0.5) is 5.69 Å². The molecule has 0 saturated carbocycles. The number of sulfonamides is 1. The average molecular weight is 405 g/mol. The molecule has 5 nitrogen and oxygen atoms in total. The lowest BCUT2D eigenvalue weighted by atomic mass is 10.2. The lowest BCUT2D eigenvalue weighted by Gasteiger charge is -2.25. The van der Waals surface area contributed by atoms with Crippen molar-refractivity contribution in [1.82, 2.24) is 4.31 Å². The predicted octanol–water partition coefficient (Wildman–Crippen LogP) is 4.17. The Hall–Kier alpha value is -2.15. The molecule has 0 spiro atoms. The van der Waals surface area contributed by atoms with Crippen molar-refractivity contribution in [2.75, 3.05) is 18.4 Å². The van der Waals surface area contributed by atoms with Gasteiger partial charge in [-0.1, -0.05) is 36.2 Å². The Balaban J connectivity index is 1.65. The highest BCUT2D eigenvalue weighted by atomic mass is 35.5. The van der Waals surface area contributed by atoms with Crippen LogP contribution in [0.15, 0.2) is 59.5 Å². The van der Waals surface area contributed by atoms with Crippen molar-refractivity contribution in [3.63, 3.8) is 0 Å². The molecule has 0 atom stereocenters. The van der Waals surface area contributed by atoms with Gasteiger partial charge in [0.2, 0.25) is 15.9 Å². The molecule has 1 aliphatic heterocycles. The number of anilines is 1. The van der Waals surface area contributed by atoms with E-state index in [9.17, 15) is 13.2 Å². The molecule has 0 bridgehead atoms. The highest BCUT2D eigenvalue weighted by molar-refractivity contribution is 7.89. The molecule has 0 radical (unpaired) electrons. The van der Waals surface area contributed by atoms with Crippen molar-refractivity contribution in [3.05, 3.63) is 65.2 Å². The summed E-state index contributed by atoms with van der Waals surface area (Å²) in [6.45, 7) is 1.13. The summed E-state index contributed by atoms with van der Waals surface area (Å²) >= 11 is 6.05. The Labute approximate surface area is 164 Å². The van der Waals surface area contributed by atoms with Gasteiger partial charge in [0.1, 0.15) is 0 Å². The van der Waals surface area contributed by atoms with Crippen LogP contribution in [0.3, 0.4) is 0 Å². The van der Waals surface area contributed by atoms with Crippen molar-refractivity contribution in [2.24, 2.45) is 0 Å². The van der Waals surface area contributed by atoms with E-state index in [4.69, 9.17) is 11.6 Å². The number of hydrogen-bond donors (Lipinski definition) is 1. The first-order chi connectivity index (χ1) is 13.0. The zero-order chi connectivity index (χ0) is 19.3. The Morgan fingerprint density at radius 3 is 2.33 bits per heavy atom. The molecule has 1 saturated heterocycles. The van der Waals surface area contributed by atoms with Gasteiger partial charge >= 0.3 is 0 Å². The Kier molecular flexibility index (Phi) is 6.31. The van der Waals surface area contributed by atoms with Crippen LogP contribution >= 0.6 is 11.6 Å². The molecule has 2 aromatic rings. The molecule has 7 heteroatoms. The van der Waals surface area contributed by atoms with Crippen LogP contribution in [0, 0.1) is 0 Å². The van der Waals surface area contributed by atoms with E-state index in [0.29, 0.717) is 23.8 Å².